The van der Waals surface area contributed by atoms with Crippen molar-refractivity contribution < 1.29 is 22.0 Å². The van der Waals surface area contributed by atoms with Crippen molar-refractivity contribution in [3.63, 3.8) is 0 Å². The quantitative estimate of drug-likeness (QED) is 0.756. The first-order chi connectivity index (χ1) is 8.94. The molecule has 2 amide bonds. The van der Waals surface area contributed by atoms with Crippen molar-refractivity contribution >= 4 is 22.1 Å². The third kappa shape index (κ3) is 2.20. The maximum Gasteiger partial charge on any atom is 0.418 e. The van der Waals surface area contributed by atoms with Crippen molar-refractivity contribution in [2.45, 2.75) is 6.04 Å². The van der Waals surface area contributed by atoms with Crippen LogP contribution in [0.15, 0.2) is 24.8 Å². The van der Waals surface area contributed by atoms with E-state index in [1.54, 1.807) is 29.4 Å². The predicted molar refractivity (Wildman–Crippen MR) is 61.7 cm³/mol. The molecule has 102 valence electrons. The summed E-state index contributed by atoms with van der Waals surface area (Å²) in [5, 5.41) is 0.652. The Hall–Kier alpha value is -1.91. The second-order valence-corrected chi connectivity index (χ2v) is 5.19. The van der Waals surface area contributed by atoms with Crippen LogP contribution >= 0.6 is 0 Å². The number of hydroxylamine groups is 2. The molecule has 2 aliphatic heterocycles. The van der Waals surface area contributed by atoms with Gasteiger partial charge in [-0.15, -0.1) is 4.28 Å². The average Bonchev–Trinajstić information content (AvgIpc) is 2.92. The van der Waals surface area contributed by atoms with Crippen molar-refractivity contribution in [3.8, 4) is 0 Å². The van der Waals surface area contributed by atoms with Gasteiger partial charge in [0, 0.05) is 24.6 Å². The van der Waals surface area contributed by atoms with Crippen LogP contribution in [0.1, 0.15) is 0 Å². The van der Waals surface area contributed by atoms with Crippen LogP contribution in [0.5, 0.6) is 0 Å². The molecular formula is C9H10N4O5S. The number of aromatic nitrogens is 2. The SMILES string of the molecule is O=C1N2CC(n3ccnc3)=CC(C2)N1OS(=O)(=O)O. The van der Waals surface area contributed by atoms with E-state index in [0.717, 1.165) is 5.70 Å². The van der Waals surface area contributed by atoms with Crippen LogP contribution in [0.2, 0.25) is 0 Å². The Labute approximate surface area is 108 Å². The van der Waals surface area contributed by atoms with E-state index in [1.165, 1.54) is 4.90 Å². The van der Waals surface area contributed by atoms with E-state index in [9.17, 15) is 13.2 Å². The van der Waals surface area contributed by atoms with E-state index in [2.05, 4.69) is 9.27 Å². The summed E-state index contributed by atoms with van der Waals surface area (Å²) in [4.78, 5) is 17.2. The van der Waals surface area contributed by atoms with Gasteiger partial charge < -0.3 is 9.47 Å². The fourth-order valence-corrected chi connectivity index (χ4v) is 2.54. The van der Waals surface area contributed by atoms with Gasteiger partial charge in [0.2, 0.25) is 0 Å². The van der Waals surface area contributed by atoms with E-state index in [1.807, 2.05) is 0 Å². The highest BCUT2D eigenvalue weighted by molar-refractivity contribution is 7.80. The van der Waals surface area contributed by atoms with Crippen molar-refractivity contribution in [2.24, 2.45) is 0 Å². The van der Waals surface area contributed by atoms with Crippen LogP contribution in [0.3, 0.4) is 0 Å². The summed E-state index contributed by atoms with van der Waals surface area (Å²) in [7, 11) is -4.72. The zero-order valence-corrected chi connectivity index (χ0v) is 10.4. The van der Waals surface area contributed by atoms with Gasteiger partial charge in [-0.3, -0.25) is 4.55 Å². The zero-order chi connectivity index (χ0) is 13.6. The largest absolute Gasteiger partial charge is 0.418 e. The lowest BCUT2D eigenvalue weighted by atomic mass is 10.2. The van der Waals surface area contributed by atoms with Gasteiger partial charge in [-0.1, -0.05) is 0 Å². The van der Waals surface area contributed by atoms with Crippen LogP contribution in [0.25, 0.3) is 5.70 Å². The Kier molecular flexibility index (Phi) is 2.59. The molecule has 1 atom stereocenters. The van der Waals surface area contributed by atoms with E-state index in [0.29, 0.717) is 18.2 Å². The molecule has 1 unspecified atom stereocenters. The van der Waals surface area contributed by atoms with Crippen molar-refractivity contribution in [3.05, 3.63) is 24.8 Å². The monoisotopic (exact) mass is 286 g/mol. The first-order valence-electron chi connectivity index (χ1n) is 5.38. The van der Waals surface area contributed by atoms with Gasteiger partial charge in [-0.05, 0) is 6.08 Å². The average molecular weight is 286 g/mol. The lowest BCUT2D eigenvalue weighted by Crippen LogP contribution is -2.35. The Morgan fingerprint density at radius 2 is 2.26 bits per heavy atom. The summed E-state index contributed by atoms with van der Waals surface area (Å²) in [6.45, 7) is 0.629. The first-order valence-corrected chi connectivity index (χ1v) is 6.75. The summed E-state index contributed by atoms with van der Waals surface area (Å²) < 4.78 is 36.1. The number of rotatable bonds is 3. The molecule has 10 heteroatoms. The highest BCUT2D eigenvalue weighted by atomic mass is 32.3. The van der Waals surface area contributed by atoms with Crippen molar-refractivity contribution in [2.75, 3.05) is 13.1 Å². The second-order valence-electron chi connectivity index (χ2n) is 4.19. The minimum absolute atomic E-state index is 0.312. The van der Waals surface area contributed by atoms with Crippen molar-refractivity contribution in [1.29, 1.82) is 0 Å². The minimum Gasteiger partial charge on any atom is -0.314 e. The van der Waals surface area contributed by atoms with Crippen LogP contribution in [-0.4, -0.2) is 57.6 Å². The third-order valence-electron chi connectivity index (χ3n) is 2.92. The summed E-state index contributed by atoms with van der Waals surface area (Å²) in [6.07, 6.45) is 6.60. The molecule has 9 nitrogen and oxygen atoms in total. The summed E-state index contributed by atoms with van der Waals surface area (Å²) in [6, 6.07) is -1.17. The number of nitrogens with zero attached hydrogens (tertiary/aromatic N) is 4. The van der Waals surface area contributed by atoms with Gasteiger partial charge >= 0.3 is 16.4 Å². The molecule has 1 N–H and O–H groups in total. The number of imidazole rings is 1. The van der Waals surface area contributed by atoms with Crippen molar-refractivity contribution in [1.82, 2.24) is 19.5 Å². The fourth-order valence-electron chi connectivity index (χ4n) is 2.17. The minimum atomic E-state index is -4.72. The highest BCUT2D eigenvalue weighted by Crippen LogP contribution is 2.27. The van der Waals surface area contributed by atoms with Crippen LogP contribution in [0.4, 0.5) is 4.79 Å². The predicted octanol–water partition coefficient (Wildman–Crippen LogP) is -0.422. The lowest BCUT2D eigenvalue weighted by molar-refractivity contribution is -0.0183. The molecule has 2 aliphatic rings. The van der Waals surface area contributed by atoms with Gasteiger partial charge in [-0.25, -0.2) is 9.78 Å². The molecule has 2 bridgehead atoms. The van der Waals surface area contributed by atoms with E-state index in [-0.39, 0.29) is 0 Å². The first kappa shape index (κ1) is 12.1. The van der Waals surface area contributed by atoms with Crippen LogP contribution in [0, 0.1) is 0 Å². The van der Waals surface area contributed by atoms with Gasteiger partial charge in [0.05, 0.1) is 12.9 Å². The molecule has 0 radical (unpaired) electrons. The Morgan fingerprint density at radius 1 is 1.47 bits per heavy atom. The molecule has 0 saturated carbocycles. The molecule has 1 saturated heterocycles. The summed E-state index contributed by atoms with van der Waals surface area (Å²) in [5.41, 5.74) is 0.781. The number of urea groups is 1. The Morgan fingerprint density at radius 3 is 2.89 bits per heavy atom. The van der Waals surface area contributed by atoms with Gasteiger partial charge in [-0.2, -0.15) is 13.5 Å². The normalized spacial score (nSPS) is 22.9. The molecule has 0 spiro atoms. The Bertz CT molecular complexity index is 638. The number of hydrogen-bond donors (Lipinski definition) is 1. The summed E-state index contributed by atoms with van der Waals surface area (Å²) in [5.74, 6) is 0. The molecule has 1 fully saturated rings. The zero-order valence-electron chi connectivity index (χ0n) is 9.58. The van der Waals surface area contributed by atoms with Crippen LogP contribution < -0.4 is 0 Å². The highest BCUT2D eigenvalue weighted by Gasteiger charge is 2.43. The third-order valence-corrected chi connectivity index (χ3v) is 3.26. The molecule has 3 rings (SSSR count). The molecule has 0 aromatic carbocycles. The van der Waals surface area contributed by atoms with Gasteiger partial charge in [0.1, 0.15) is 6.04 Å². The lowest BCUT2D eigenvalue weighted by Gasteiger charge is -2.21. The molecule has 3 heterocycles. The number of fused-ring (bicyclic) bond motifs is 2. The van der Waals surface area contributed by atoms with Crippen LogP contribution in [-0.2, 0) is 14.7 Å². The topological polar surface area (TPSA) is 105 Å². The molecule has 19 heavy (non-hydrogen) atoms. The second kappa shape index (κ2) is 4.05. The number of carbonyl (C=O) groups excluding carboxylic acids is 1. The molecule has 1 aromatic rings. The number of amides is 2. The van der Waals surface area contributed by atoms with E-state index >= 15 is 0 Å². The maximum absolute atomic E-state index is 11.9. The standard InChI is InChI=1S/C9H10N4O5S/c14-9-12-4-7(11-2-1-10-6-11)3-8(5-12)13(9)18-19(15,16)17/h1-3,6,8H,4-5H2,(H,15,16,17). The summed E-state index contributed by atoms with van der Waals surface area (Å²) >= 11 is 0. The van der Waals surface area contributed by atoms with Gasteiger partial charge in [0.15, 0.2) is 0 Å². The Balaban J connectivity index is 1.90. The van der Waals surface area contributed by atoms with E-state index in [4.69, 9.17) is 4.55 Å². The number of carbonyl (C=O) groups is 1. The molecule has 1 aromatic heterocycles. The number of hydrogen-bond acceptors (Lipinski definition) is 5. The fraction of sp³-hybridized carbons (Fsp3) is 0.333. The smallest absolute Gasteiger partial charge is 0.314 e. The van der Waals surface area contributed by atoms with Gasteiger partial charge in [0.25, 0.3) is 0 Å². The molecular weight excluding hydrogens is 276 g/mol. The molecule has 0 aliphatic carbocycles. The van der Waals surface area contributed by atoms with E-state index < -0.39 is 22.5 Å². The maximum atomic E-state index is 11.9.